The summed E-state index contributed by atoms with van der Waals surface area (Å²) in [6, 6.07) is 52.1. The Morgan fingerprint density at radius 3 is 1.26 bits per heavy atom. The second-order valence-electron chi connectivity index (χ2n) is 12.2. The standard InChI is InChI=1S/C45H31N5/c1-5-13-30(14-6-1)42-36-23-21-34(46-36)29-35-22-24-37(47-35)43(31-15-7-2-8-16-31)39-26-28-41(49-39)45(40-27-25-38(42)48-40)50-44(32-17-9-3-10-18-32)33-19-11-4-12-20-33/h1-29,48-49H. The van der Waals surface area contributed by atoms with Crippen LogP contribution in [0, 0.1) is 0 Å². The molecule has 3 aromatic heterocycles. The summed E-state index contributed by atoms with van der Waals surface area (Å²) < 4.78 is 0. The van der Waals surface area contributed by atoms with Gasteiger partial charge in [0.2, 0.25) is 0 Å². The fourth-order valence-electron chi connectivity index (χ4n) is 6.66. The van der Waals surface area contributed by atoms with Crippen LogP contribution in [0.4, 0.5) is 5.69 Å². The lowest BCUT2D eigenvalue weighted by Gasteiger charge is -2.08. The van der Waals surface area contributed by atoms with Gasteiger partial charge in [-0.1, -0.05) is 121 Å². The third-order valence-corrected chi connectivity index (χ3v) is 8.99. The molecule has 0 saturated heterocycles. The Hall–Kier alpha value is -6.85. The minimum atomic E-state index is 0.790. The van der Waals surface area contributed by atoms with E-state index >= 15 is 0 Å². The maximum absolute atomic E-state index is 5.51. The van der Waals surface area contributed by atoms with Crippen LogP contribution in [0.5, 0.6) is 0 Å². The molecule has 0 radical (unpaired) electrons. The molecule has 9 rings (SSSR count). The van der Waals surface area contributed by atoms with Crippen LogP contribution < -0.4 is 0 Å². The van der Waals surface area contributed by atoms with Crippen molar-refractivity contribution in [1.29, 1.82) is 0 Å². The van der Waals surface area contributed by atoms with Crippen molar-refractivity contribution in [3.05, 3.63) is 186 Å². The smallest absolute Gasteiger partial charge is 0.111 e. The summed E-state index contributed by atoms with van der Waals surface area (Å²) in [6.07, 6.45) is 8.28. The molecule has 0 unspecified atom stereocenters. The number of aromatic amines is 2. The lowest BCUT2D eigenvalue weighted by Crippen LogP contribution is -2.02. The number of aliphatic imine (C=N–C) groups is 1. The normalized spacial score (nSPS) is 11.8. The quantitative estimate of drug-likeness (QED) is 0.184. The molecule has 5 heteroatoms. The van der Waals surface area contributed by atoms with E-state index in [1.54, 1.807) is 0 Å². The van der Waals surface area contributed by atoms with Crippen molar-refractivity contribution in [2.45, 2.75) is 0 Å². The molecule has 0 saturated carbocycles. The van der Waals surface area contributed by atoms with Crippen molar-refractivity contribution >= 4 is 57.8 Å². The Morgan fingerprint density at radius 2 is 0.820 bits per heavy atom. The van der Waals surface area contributed by atoms with Crippen molar-refractivity contribution in [2.24, 2.45) is 4.99 Å². The molecular formula is C45H31N5. The number of nitrogens with zero attached hydrogens (tertiary/aromatic N) is 3. The van der Waals surface area contributed by atoms with Gasteiger partial charge in [-0.3, -0.25) is 0 Å². The van der Waals surface area contributed by atoms with E-state index in [-0.39, 0.29) is 0 Å². The largest absolute Gasteiger partial charge is 0.353 e. The minimum Gasteiger partial charge on any atom is -0.353 e. The molecular weight excluding hydrogens is 611 g/mol. The van der Waals surface area contributed by atoms with E-state index in [0.717, 1.165) is 89.6 Å². The molecule has 0 atom stereocenters. The van der Waals surface area contributed by atoms with E-state index in [9.17, 15) is 0 Å². The minimum absolute atomic E-state index is 0.790. The summed E-state index contributed by atoms with van der Waals surface area (Å²) >= 11 is 0. The van der Waals surface area contributed by atoms with Crippen LogP contribution in [0.2, 0.25) is 0 Å². The van der Waals surface area contributed by atoms with Gasteiger partial charge in [0.25, 0.3) is 0 Å². The Balaban J connectivity index is 1.43. The van der Waals surface area contributed by atoms with Crippen molar-refractivity contribution in [1.82, 2.24) is 19.9 Å². The van der Waals surface area contributed by atoms with Gasteiger partial charge in [-0.15, -0.1) is 0 Å². The predicted octanol–water partition coefficient (Wildman–Crippen LogP) is 11.2. The van der Waals surface area contributed by atoms with Crippen molar-refractivity contribution in [3.63, 3.8) is 0 Å². The lowest BCUT2D eigenvalue weighted by molar-refractivity contribution is 1.28. The van der Waals surface area contributed by atoms with Gasteiger partial charge in [-0.05, 0) is 65.8 Å². The zero-order valence-electron chi connectivity index (χ0n) is 27.1. The summed E-state index contributed by atoms with van der Waals surface area (Å²) in [7, 11) is 0. The van der Waals surface area contributed by atoms with Crippen LogP contribution in [-0.4, -0.2) is 25.6 Å². The van der Waals surface area contributed by atoms with Crippen LogP contribution in [-0.2, 0) is 0 Å². The van der Waals surface area contributed by atoms with E-state index < -0.39 is 0 Å². The van der Waals surface area contributed by atoms with Gasteiger partial charge < -0.3 is 9.97 Å². The number of fused-ring (bicyclic) bond motifs is 8. The molecule has 2 aliphatic heterocycles. The van der Waals surface area contributed by atoms with E-state index in [0.29, 0.717) is 0 Å². The second-order valence-corrected chi connectivity index (χ2v) is 12.2. The molecule has 236 valence electrons. The number of hydrogen-bond donors (Lipinski definition) is 2. The molecule has 0 spiro atoms. The van der Waals surface area contributed by atoms with Gasteiger partial charge in [0, 0.05) is 33.3 Å². The van der Waals surface area contributed by atoms with Crippen LogP contribution >= 0.6 is 0 Å². The topological polar surface area (TPSA) is 69.7 Å². The predicted molar refractivity (Wildman–Crippen MR) is 208 cm³/mol. The molecule has 5 nitrogen and oxygen atoms in total. The van der Waals surface area contributed by atoms with E-state index in [4.69, 9.17) is 15.0 Å². The maximum Gasteiger partial charge on any atom is 0.111 e. The van der Waals surface area contributed by atoms with Crippen molar-refractivity contribution in [2.75, 3.05) is 0 Å². The molecule has 8 bridgehead atoms. The number of nitrogens with one attached hydrogen (secondary N) is 2. The van der Waals surface area contributed by atoms with Crippen LogP contribution in [0.1, 0.15) is 33.9 Å². The molecule has 5 heterocycles. The molecule has 7 aromatic rings. The Labute approximate surface area is 289 Å². The fraction of sp³-hybridized carbons (Fsp3) is 0. The number of benzene rings is 4. The van der Waals surface area contributed by atoms with Gasteiger partial charge in [-0.2, -0.15) is 0 Å². The summed E-state index contributed by atoms with van der Waals surface area (Å²) in [5.74, 6) is 0. The summed E-state index contributed by atoms with van der Waals surface area (Å²) in [4.78, 5) is 23.3. The van der Waals surface area contributed by atoms with Gasteiger partial charge in [0.1, 0.15) is 5.69 Å². The van der Waals surface area contributed by atoms with Crippen LogP contribution in [0.25, 0.3) is 68.6 Å². The van der Waals surface area contributed by atoms with Crippen molar-refractivity contribution < 1.29 is 0 Å². The summed E-state index contributed by atoms with van der Waals surface area (Å²) in [5, 5.41) is 0. The van der Waals surface area contributed by atoms with Gasteiger partial charge in [0.05, 0.1) is 39.5 Å². The maximum atomic E-state index is 5.51. The highest BCUT2D eigenvalue weighted by Gasteiger charge is 2.16. The molecule has 2 N–H and O–H groups in total. The zero-order valence-corrected chi connectivity index (χ0v) is 27.1. The third-order valence-electron chi connectivity index (χ3n) is 8.99. The third kappa shape index (κ3) is 5.57. The highest BCUT2D eigenvalue weighted by molar-refractivity contribution is 6.15. The highest BCUT2D eigenvalue weighted by atomic mass is 14.9. The molecule has 0 amide bonds. The Morgan fingerprint density at radius 1 is 0.420 bits per heavy atom. The summed E-state index contributed by atoms with van der Waals surface area (Å²) in [6.45, 7) is 0. The van der Waals surface area contributed by atoms with E-state index in [2.05, 4.69) is 156 Å². The monoisotopic (exact) mass is 641 g/mol. The molecule has 2 aliphatic rings. The number of aromatic nitrogens is 4. The van der Waals surface area contributed by atoms with E-state index in [1.807, 2.05) is 30.3 Å². The first-order valence-electron chi connectivity index (χ1n) is 16.7. The molecule has 0 aliphatic carbocycles. The SMILES string of the molecule is C1=Cc2nc1cc1nc(c(-c3ccccc3)c3ccc([nH]3)c(N=C(c3ccccc3)c3ccccc3)c3ccc([nH]3)c2-c2ccccc2)C=C1. The highest BCUT2D eigenvalue weighted by Crippen LogP contribution is 2.35. The van der Waals surface area contributed by atoms with Crippen LogP contribution in [0.3, 0.4) is 0 Å². The number of H-pyrrole nitrogens is 2. The second kappa shape index (κ2) is 12.6. The zero-order chi connectivity index (χ0) is 33.3. The lowest BCUT2D eigenvalue weighted by atomic mass is 10.0. The average Bonchev–Trinajstić information content (AvgIpc) is 4.01. The Bertz CT molecular complexity index is 2440. The number of hydrogen-bond acceptors (Lipinski definition) is 3. The molecule has 0 fully saturated rings. The average molecular weight is 642 g/mol. The molecule has 4 aromatic carbocycles. The first-order chi connectivity index (χ1) is 24.8. The summed E-state index contributed by atoms with van der Waals surface area (Å²) in [5.41, 5.74) is 15.0. The van der Waals surface area contributed by atoms with Gasteiger partial charge >= 0.3 is 0 Å². The number of rotatable bonds is 5. The molecule has 50 heavy (non-hydrogen) atoms. The van der Waals surface area contributed by atoms with Gasteiger partial charge in [0.15, 0.2) is 0 Å². The van der Waals surface area contributed by atoms with E-state index in [1.165, 1.54) is 0 Å². The van der Waals surface area contributed by atoms with Crippen LogP contribution in [0.15, 0.2) is 157 Å². The fourth-order valence-corrected chi connectivity index (χ4v) is 6.66. The van der Waals surface area contributed by atoms with Gasteiger partial charge in [-0.25, -0.2) is 15.0 Å². The first kappa shape index (κ1) is 29.3. The Kier molecular flexibility index (Phi) is 7.41. The first-order valence-corrected chi connectivity index (χ1v) is 16.7. The van der Waals surface area contributed by atoms with Crippen molar-refractivity contribution in [3.8, 4) is 22.3 Å².